The molecule has 0 spiro atoms. The van der Waals surface area contributed by atoms with Gasteiger partial charge in [0, 0.05) is 5.92 Å². The molecular weight excluding hydrogens is 315 g/mol. The van der Waals surface area contributed by atoms with Crippen LogP contribution in [0.3, 0.4) is 0 Å². The Kier molecular flexibility index (Phi) is 5.08. The molecule has 1 aliphatic carbocycles. The van der Waals surface area contributed by atoms with E-state index in [1.54, 1.807) is 12.1 Å². The minimum atomic E-state index is -0.318. The summed E-state index contributed by atoms with van der Waals surface area (Å²) in [5.74, 6) is 0.942. The zero-order chi connectivity index (χ0) is 16.9. The maximum absolute atomic E-state index is 12.8. The third-order valence-electron chi connectivity index (χ3n) is 4.22. The predicted octanol–water partition coefficient (Wildman–Crippen LogP) is 3.23. The van der Waals surface area contributed by atoms with Gasteiger partial charge in [0.05, 0.1) is 13.0 Å². The molecule has 1 aliphatic rings. The van der Waals surface area contributed by atoms with E-state index in [0.717, 1.165) is 19.3 Å². The predicted molar refractivity (Wildman–Crippen MR) is 81.7 cm³/mol. The molecule has 1 saturated carbocycles. The first-order valence-electron chi connectivity index (χ1n) is 7.94. The third kappa shape index (κ3) is 3.90. The fourth-order valence-electron chi connectivity index (χ4n) is 2.97. The highest BCUT2D eigenvalue weighted by Gasteiger charge is 2.31. The van der Waals surface area contributed by atoms with E-state index >= 15 is 0 Å². The minimum absolute atomic E-state index is 0.0647. The van der Waals surface area contributed by atoms with Crippen molar-refractivity contribution in [2.75, 3.05) is 7.11 Å². The number of esters is 1. The van der Waals surface area contributed by atoms with E-state index in [9.17, 15) is 9.18 Å². The molecule has 1 fully saturated rings. The first-order chi connectivity index (χ1) is 11.7. The standard InChI is InChI=1S/C17H19FN2O4/c1-22-17(21)12-4-2-3-11(9-12)16-19-15(20-24-16)10-23-14-7-5-13(18)6-8-14/h5-8,11-12H,2-4,9-10H2,1H3/t11-,12+/m0/s1. The van der Waals surface area contributed by atoms with Gasteiger partial charge in [-0.25, -0.2) is 4.39 Å². The van der Waals surface area contributed by atoms with Gasteiger partial charge in [-0.05, 0) is 43.5 Å². The zero-order valence-electron chi connectivity index (χ0n) is 13.4. The van der Waals surface area contributed by atoms with Gasteiger partial charge < -0.3 is 14.0 Å². The lowest BCUT2D eigenvalue weighted by Crippen LogP contribution is -2.23. The van der Waals surface area contributed by atoms with Gasteiger partial charge >= 0.3 is 5.97 Å². The highest BCUT2D eigenvalue weighted by atomic mass is 19.1. The van der Waals surface area contributed by atoms with Crippen LogP contribution in [-0.2, 0) is 16.1 Å². The average molecular weight is 334 g/mol. The lowest BCUT2D eigenvalue weighted by Gasteiger charge is -2.24. The molecule has 7 heteroatoms. The maximum Gasteiger partial charge on any atom is 0.308 e. The average Bonchev–Trinajstić information content (AvgIpc) is 3.10. The van der Waals surface area contributed by atoms with Crippen LogP contribution in [0, 0.1) is 11.7 Å². The highest BCUT2D eigenvalue weighted by Crippen LogP contribution is 2.36. The summed E-state index contributed by atoms with van der Waals surface area (Å²) in [6, 6.07) is 5.73. The molecule has 1 aromatic carbocycles. The second kappa shape index (κ2) is 7.42. The quantitative estimate of drug-likeness (QED) is 0.782. The number of methoxy groups -OCH3 is 1. The Morgan fingerprint density at radius 2 is 2.12 bits per heavy atom. The lowest BCUT2D eigenvalue weighted by molar-refractivity contribution is -0.146. The molecule has 0 saturated heterocycles. The topological polar surface area (TPSA) is 74.5 Å². The second-order valence-electron chi connectivity index (χ2n) is 5.88. The van der Waals surface area contributed by atoms with Gasteiger partial charge in [0.2, 0.25) is 11.7 Å². The van der Waals surface area contributed by atoms with Crippen molar-refractivity contribution in [1.82, 2.24) is 10.1 Å². The SMILES string of the molecule is COC(=O)[C@@H]1CCC[C@H](c2nc(COc3ccc(F)cc3)no2)C1. The number of ether oxygens (including phenoxy) is 2. The van der Waals surface area contributed by atoms with E-state index in [1.807, 2.05) is 0 Å². The van der Waals surface area contributed by atoms with Crippen LogP contribution < -0.4 is 4.74 Å². The molecule has 1 aromatic heterocycles. The van der Waals surface area contributed by atoms with Crippen molar-refractivity contribution in [3.05, 3.63) is 41.8 Å². The molecule has 0 radical (unpaired) electrons. The first kappa shape index (κ1) is 16.4. The van der Waals surface area contributed by atoms with Crippen molar-refractivity contribution in [3.63, 3.8) is 0 Å². The number of carbonyl (C=O) groups excluding carboxylic acids is 1. The van der Waals surface area contributed by atoms with Crippen LogP contribution in [-0.4, -0.2) is 23.2 Å². The molecule has 128 valence electrons. The molecule has 0 amide bonds. The van der Waals surface area contributed by atoms with Crippen LogP contribution in [0.15, 0.2) is 28.8 Å². The second-order valence-corrected chi connectivity index (χ2v) is 5.88. The van der Waals surface area contributed by atoms with Crippen molar-refractivity contribution in [2.45, 2.75) is 38.2 Å². The van der Waals surface area contributed by atoms with E-state index in [2.05, 4.69) is 10.1 Å². The van der Waals surface area contributed by atoms with E-state index in [-0.39, 0.29) is 30.2 Å². The number of benzene rings is 1. The smallest absolute Gasteiger partial charge is 0.308 e. The summed E-state index contributed by atoms with van der Waals surface area (Å²) in [6.07, 6.45) is 3.33. The number of halogens is 1. The fraction of sp³-hybridized carbons (Fsp3) is 0.471. The minimum Gasteiger partial charge on any atom is -0.485 e. The van der Waals surface area contributed by atoms with Gasteiger partial charge in [-0.1, -0.05) is 11.6 Å². The largest absolute Gasteiger partial charge is 0.485 e. The van der Waals surface area contributed by atoms with E-state index in [4.69, 9.17) is 14.0 Å². The van der Waals surface area contributed by atoms with Crippen molar-refractivity contribution < 1.29 is 23.2 Å². The molecule has 2 atom stereocenters. The lowest BCUT2D eigenvalue weighted by atomic mass is 9.81. The van der Waals surface area contributed by atoms with Crippen LogP contribution in [0.25, 0.3) is 0 Å². The monoisotopic (exact) mass is 334 g/mol. The molecule has 6 nitrogen and oxygen atoms in total. The van der Waals surface area contributed by atoms with Crippen LogP contribution >= 0.6 is 0 Å². The molecule has 0 N–H and O–H groups in total. The normalized spacial score (nSPS) is 20.6. The molecular formula is C17H19FN2O4. The van der Waals surface area contributed by atoms with Crippen LogP contribution in [0.2, 0.25) is 0 Å². The Balaban J connectivity index is 1.58. The number of hydrogen-bond donors (Lipinski definition) is 0. The maximum atomic E-state index is 12.8. The Bertz CT molecular complexity index is 686. The van der Waals surface area contributed by atoms with Gasteiger partial charge in [0.25, 0.3) is 0 Å². The number of rotatable bonds is 5. The van der Waals surface area contributed by atoms with Gasteiger partial charge in [-0.3, -0.25) is 4.79 Å². The summed E-state index contributed by atoms with van der Waals surface area (Å²) in [5.41, 5.74) is 0. The van der Waals surface area contributed by atoms with Crippen LogP contribution in [0.5, 0.6) is 5.75 Å². The van der Waals surface area contributed by atoms with E-state index in [1.165, 1.54) is 19.2 Å². The molecule has 2 aromatic rings. The first-order valence-corrected chi connectivity index (χ1v) is 7.94. The summed E-state index contributed by atoms with van der Waals surface area (Å²) >= 11 is 0. The third-order valence-corrected chi connectivity index (χ3v) is 4.22. The van der Waals surface area contributed by atoms with Crippen LogP contribution in [0.1, 0.15) is 43.3 Å². The van der Waals surface area contributed by atoms with Crippen molar-refractivity contribution in [2.24, 2.45) is 5.92 Å². The summed E-state index contributed by atoms with van der Waals surface area (Å²) in [6.45, 7) is 0.141. The van der Waals surface area contributed by atoms with E-state index in [0.29, 0.717) is 23.9 Å². The summed E-state index contributed by atoms with van der Waals surface area (Å²) in [5, 5.41) is 3.91. The number of carbonyl (C=O) groups is 1. The Morgan fingerprint density at radius 1 is 1.33 bits per heavy atom. The molecule has 24 heavy (non-hydrogen) atoms. The molecule has 0 aliphatic heterocycles. The Morgan fingerprint density at radius 3 is 2.88 bits per heavy atom. The summed E-state index contributed by atoms with van der Waals surface area (Å²) in [7, 11) is 1.41. The highest BCUT2D eigenvalue weighted by molar-refractivity contribution is 5.72. The Labute approximate surface area is 139 Å². The fourth-order valence-corrected chi connectivity index (χ4v) is 2.97. The Hall–Kier alpha value is -2.44. The number of hydrogen-bond acceptors (Lipinski definition) is 6. The molecule has 1 heterocycles. The van der Waals surface area contributed by atoms with Crippen molar-refractivity contribution >= 4 is 5.97 Å². The number of aromatic nitrogens is 2. The summed E-state index contributed by atoms with van der Waals surface area (Å²) < 4.78 is 28.5. The van der Waals surface area contributed by atoms with Crippen molar-refractivity contribution in [1.29, 1.82) is 0 Å². The van der Waals surface area contributed by atoms with Crippen LogP contribution in [0.4, 0.5) is 4.39 Å². The summed E-state index contributed by atoms with van der Waals surface area (Å²) in [4.78, 5) is 16.1. The van der Waals surface area contributed by atoms with Crippen molar-refractivity contribution in [3.8, 4) is 5.75 Å². The van der Waals surface area contributed by atoms with Gasteiger partial charge in [0.1, 0.15) is 11.6 Å². The van der Waals surface area contributed by atoms with Gasteiger partial charge in [0.15, 0.2) is 6.61 Å². The molecule has 0 unspecified atom stereocenters. The van der Waals surface area contributed by atoms with E-state index < -0.39 is 0 Å². The number of nitrogens with zero attached hydrogens (tertiary/aromatic N) is 2. The molecule has 3 rings (SSSR count). The zero-order valence-corrected chi connectivity index (χ0v) is 13.4. The molecule has 0 bridgehead atoms. The van der Waals surface area contributed by atoms with Gasteiger partial charge in [-0.15, -0.1) is 0 Å². The van der Waals surface area contributed by atoms with Gasteiger partial charge in [-0.2, -0.15) is 4.98 Å².